The van der Waals surface area contributed by atoms with Crippen LogP contribution in [0.5, 0.6) is 5.75 Å². The number of nitrogens with zero attached hydrogens (tertiary/aromatic N) is 1. The predicted molar refractivity (Wildman–Crippen MR) is 94.6 cm³/mol. The van der Waals surface area contributed by atoms with Crippen molar-refractivity contribution >= 4 is 5.97 Å². The van der Waals surface area contributed by atoms with E-state index in [1.807, 2.05) is 54.6 Å². The van der Waals surface area contributed by atoms with Crippen molar-refractivity contribution in [2.45, 2.75) is 19.1 Å². The Labute approximate surface area is 147 Å². The first-order valence-corrected chi connectivity index (χ1v) is 8.53. The molecule has 2 aromatic carbocycles. The van der Waals surface area contributed by atoms with Crippen LogP contribution in [0, 0.1) is 0 Å². The van der Waals surface area contributed by atoms with Crippen LogP contribution in [0.3, 0.4) is 0 Å². The molecule has 0 saturated carbocycles. The number of carboxylic acid groups (broad SMARTS) is 1. The Bertz CT molecular complexity index is 689. The topological polar surface area (TPSA) is 59.0 Å². The van der Waals surface area contributed by atoms with Gasteiger partial charge >= 0.3 is 5.97 Å². The molecule has 1 N–H and O–H groups in total. The molecule has 25 heavy (non-hydrogen) atoms. The highest BCUT2D eigenvalue weighted by atomic mass is 16.5. The molecule has 0 radical (unpaired) electrons. The van der Waals surface area contributed by atoms with Crippen molar-refractivity contribution in [3.05, 3.63) is 65.7 Å². The molecule has 1 fully saturated rings. The zero-order chi connectivity index (χ0) is 17.5. The first kappa shape index (κ1) is 17.5. The predicted octanol–water partition coefficient (Wildman–Crippen LogP) is 3.11. The molecule has 5 nitrogen and oxygen atoms in total. The van der Waals surface area contributed by atoms with Gasteiger partial charge in [0.15, 0.2) is 0 Å². The maximum atomic E-state index is 10.8. The van der Waals surface area contributed by atoms with Gasteiger partial charge in [0.2, 0.25) is 0 Å². The minimum Gasteiger partial charge on any atom is -0.489 e. The van der Waals surface area contributed by atoms with E-state index in [1.54, 1.807) is 0 Å². The third kappa shape index (κ3) is 5.31. The Hall–Kier alpha value is -2.37. The summed E-state index contributed by atoms with van der Waals surface area (Å²) in [5.74, 6) is 0.0481. The molecule has 132 valence electrons. The summed E-state index contributed by atoms with van der Waals surface area (Å²) in [5.41, 5.74) is 2.19. The summed E-state index contributed by atoms with van der Waals surface area (Å²) >= 11 is 0. The molecule has 0 bridgehead atoms. The van der Waals surface area contributed by atoms with Crippen molar-refractivity contribution in [2.75, 3.05) is 26.2 Å². The monoisotopic (exact) mass is 341 g/mol. The number of carbonyl (C=O) groups is 1. The largest absolute Gasteiger partial charge is 0.489 e. The number of aliphatic carboxylic acids is 1. The van der Waals surface area contributed by atoms with Crippen LogP contribution in [0.15, 0.2) is 54.6 Å². The fourth-order valence-electron chi connectivity index (χ4n) is 2.91. The van der Waals surface area contributed by atoms with Gasteiger partial charge in [-0.15, -0.1) is 0 Å². The third-order valence-corrected chi connectivity index (χ3v) is 4.27. The molecular formula is C20H23NO4. The van der Waals surface area contributed by atoms with Gasteiger partial charge in [-0.2, -0.15) is 0 Å². The van der Waals surface area contributed by atoms with Crippen LogP contribution in [0.2, 0.25) is 0 Å². The maximum absolute atomic E-state index is 10.8. The Morgan fingerprint density at radius 3 is 2.84 bits per heavy atom. The average Bonchev–Trinajstić information content (AvgIpc) is 2.66. The first-order valence-electron chi connectivity index (χ1n) is 8.53. The van der Waals surface area contributed by atoms with Gasteiger partial charge in [0, 0.05) is 19.6 Å². The van der Waals surface area contributed by atoms with Crippen molar-refractivity contribution in [1.29, 1.82) is 0 Å². The summed E-state index contributed by atoms with van der Waals surface area (Å²) < 4.78 is 11.8. The van der Waals surface area contributed by atoms with Crippen molar-refractivity contribution < 1.29 is 19.4 Å². The number of rotatable bonds is 7. The first-order chi connectivity index (χ1) is 12.2. The molecule has 0 spiro atoms. The number of carboxylic acids is 1. The Kier molecular flexibility index (Phi) is 6.04. The Morgan fingerprint density at radius 2 is 2.04 bits per heavy atom. The van der Waals surface area contributed by atoms with Crippen LogP contribution in [0.1, 0.15) is 23.7 Å². The molecule has 1 saturated heterocycles. The van der Waals surface area contributed by atoms with E-state index in [1.165, 1.54) is 0 Å². The molecule has 0 aliphatic carbocycles. The quantitative estimate of drug-likeness (QED) is 0.838. The van der Waals surface area contributed by atoms with E-state index in [0.29, 0.717) is 26.3 Å². The van der Waals surface area contributed by atoms with Gasteiger partial charge in [-0.1, -0.05) is 42.5 Å². The van der Waals surface area contributed by atoms with Gasteiger partial charge in [-0.3, -0.25) is 9.69 Å². The van der Waals surface area contributed by atoms with Gasteiger partial charge in [0.25, 0.3) is 0 Å². The minimum absolute atomic E-state index is 0.0529. The SMILES string of the molecule is O=C(O)CCN1CCO[C@@H](c2cccc(OCc3ccccc3)c2)C1. The highest BCUT2D eigenvalue weighted by Gasteiger charge is 2.22. The van der Waals surface area contributed by atoms with Crippen molar-refractivity contribution in [1.82, 2.24) is 4.90 Å². The molecule has 1 atom stereocenters. The van der Waals surface area contributed by atoms with Crippen LogP contribution < -0.4 is 4.74 Å². The molecule has 5 heteroatoms. The summed E-state index contributed by atoms with van der Waals surface area (Å²) in [7, 11) is 0. The lowest BCUT2D eigenvalue weighted by Crippen LogP contribution is -2.39. The lowest BCUT2D eigenvalue weighted by molar-refractivity contribution is -0.137. The minimum atomic E-state index is -0.764. The van der Waals surface area contributed by atoms with Crippen LogP contribution in [-0.2, 0) is 16.1 Å². The zero-order valence-electron chi connectivity index (χ0n) is 14.1. The van der Waals surface area contributed by atoms with E-state index >= 15 is 0 Å². The van der Waals surface area contributed by atoms with Gasteiger partial charge in [0.05, 0.1) is 19.1 Å². The van der Waals surface area contributed by atoms with Gasteiger partial charge in [-0.25, -0.2) is 0 Å². The van der Waals surface area contributed by atoms with Crippen LogP contribution in [0.25, 0.3) is 0 Å². The number of hydrogen-bond donors (Lipinski definition) is 1. The van der Waals surface area contributed by atoms with Gasteiger partial charge < -0.3 is 14.6 Å². The lowest BCUT2D eigenvalue weighted by Gasteiger charge is -2.32. The molecule has 0 aromatic heterocycles. The fraction of sp³-hybridized carbons (Fsp3) is 0.350. The van der Waals surface area contributed by atoms with E-state index in [2.05, 4.69) is 4.90 Å². The van der Waals surface area contributed by atoms with E-state index in [9.17, 15) is 4.79 Å². The van der Waals surface area contributed by atoms with Crippen molar-refractivity contribution in [2.24, 2.45) is 0 Å². The van der Waals surface area contributed by atoms with E-state index < -0.39 is 5.97 Å². The molecule has 3 rings (SSSR count). The van der Waals surface area contributed by atoms with E-state index in [4.69, 9.17) is 14.6 Å². The summed E-state index contributed by atoms with van der Waals surface area (Å²) in [5, 5.41) is 8.84. The molecule has 1 aliphatic heterocycles. The summed E-state index contributed by atoms with van der Waals surface area (Å²) in [6.07, 6.45) is 0.107. The normalized spacial score (nSPS) is 18.0. The highest BCUT2D eigenvalue weighted by molar-refractivity contribution is 5.66. The van der Waals surface area contributed by atoms with Gasteiger partial charge in [0.1, 0.15) is 12.4 Å². The summed E-state index contributed by atoms with van der Waals surface area (Å²) in [6, 6.07) is 18.0. The second-order valence-electron chi connectivity index (χ2n) is 6.15. The standard InChI is InChI=1S/C20H23NO4/c22-20(23)9-10-21-11-12-24-19(14-21)17-7-4-8-18(13-17)25-15-16-5-2-1-3-6-16/h1-8,13,19H,9-12,14-15H2,(H,22,23)/t19-/m1/s1. The van der Waals surface area contributed by atoms with Crippen LogP contribution in [0.4, 0.5) is 0 Å². The second-order valence-corrected chi connectivity index (χ2v) is 6.15. The number of ether oxygens (including phenoxy) is 2. The molecule has 1 heterocycles. The zero-order valence-corrected chi connectivity index (χ0v) is 14.1. The van der Waals surface area contributed by atoms with Gasteiger partial charge in [-0.05, 0) is 23.3 Å². The molecule has 0 amide bonds. The Balaban J connectivity index is 1.59. The smallest absolute Gasteiger partial charge is 0.304 e. The third-order valence-electron chi connectivity index (χ3n) is 4.27. The fourth-order valence-corrected chi connectivity index (χ4v) is 2.91. The average molecular weight is 341 g/mol. The molecule has 0 unspecified atom stereocenters. The van der Waals surface area contributed by atoms with Crippen LogP contribution >= 0.6 is 0 Å². The number of morpholine rings is 1. The second kappa shape index (κ2) is 8.65. The lowest BCUT2D eigenvalue weighted by atomic mass is 10.1. The van der Waals surface area contributed by atoms with Crippen molar-refractivity contribution in [3.8, 4) is 5.75 Å². The molecule has 2 aromatic rings. The number of benzene rings is 2. The van der Waals surface area contributed by atoms with Crippen molar-refractivity contribution in [3.63, 3.8) is 0 Å². The molecular weight excluding hydrogens is 318 g/mol. The highest BCUT2D eigenvalue weighted by Crippen LogP contribution is 2.26. The number of hydrogen-bond acceptors (Lipinski definition) is 4. The molecule has 1 aliphatic rings. The van der Waals surface area contributed by atoms with E-state index in [0.717, 1.165) is 23.4 Å². The van der Waals surface area contributed by atoms with E-state index in [-0.39, 0.29) is 12.5 Å². The summed E-state index contributed by atoms with van der Waals surface area (Å²) in [6.45, 7) is 3.17. The van der Waals surface area contributed by atoms with Crippen LogP contribution in [-0.4, -0.2) is 42.2 Å². The Morgan fingerprint density at radius 1 is 1.20 bits per heavy atom. The summed E-state index contributed by atoms with van der Waals surface area (Å²) in [4.78, 5) is 12.9. The maximum Gasteiger partial charge on any atom is 0.304 e.